The van der Waals surface area contributed by atoms with Gasteiger partial charge in [-0.3, -0.25) is 4.79 Å². The molecule has 1 aromatic rings. The van der Waals surface area contributed by atoms with E-state index in [-0.39, 0.29) is 29.8 Å². The Morgan fingerprint density at radius 3 is 2.50 bits per heavy atom. The quantitative estimate of drug-likeness (QED) is 0.655. The Kier molecular flexibility index (Phi) is 6.56. The molecule has 1 amide bonds. The van der Waals surface area contributed by atoms with Crippen LogP contribution in [0.2, 0.25) is 0 Å². The highest BCUT2D eigenvalue weighted by Crippen LogP contribution is 2.24. The number of carbonyl (C=O) groups is 1. The molecule has 2 rings (SSSR count). The molecule has 0 aromatic heterocycles. The van der Waals surface area contributed by atoms with Crippen LogP contribution in [0.5, 0.6) is 0 Å². The summed E-state index contributed by atoms with van der Waals surface area (Å²) in [5.74, 6) is -0.240. The molecule has 1 saturated heterocycles. The molecule has 0 aliphatic carbocycles. The van der Waals surface area contributed by atoms with Crippen molar-refractivity contribution in [3.8, 4) is 0 Å². The normalized spacial score (nSPS) is 18.6. The van der Waals surface area contributed by atoms with E-state index in [0.717, 1.165) is 11.0 Å². The predicted octanol–water partition coefficient (Wildman–Crippen LogP) is 0.396. The number of nitrogens with zero attached hydrogens (tertiary/aromatic N) is 1. The monoisotopic (exact) mass is 401 g/mol. The van der Waals surface area contributed by atoms with Crippen molar-refractivity contribution < 1.29 is 21.6 Å². The van der Waals surface area contributed by atoms with Crippen molar-refractivity contribution in [1.82, 2.24) is 14.3 Å². The van der Waals surface area contributed by atoms with Gasteiger partial charge in [0.05, 0.1) is 4.90 Å². The van der Waals surface area contributed by atoms with Crippen molar-refractivity contribution >= 4 is 26.0 Å². The fourth-order valence-corrected chi connectivity index (χ4v) is 4.75. The lowest BCUT2D eigenvalue weighted by molar-refractivity contribution is -0.119. The number of hydrogen-bond acceptors (Lipinski definition) is 5. The molecule has 1 aromatic carbocycles. The summed E-state index contributed by atoms with van der Waals surface area (Å²) in [5, 5.41) is 3.48. The minimum Gasteiger partial charge on any atom is -0.352 e. The van der Waals surface area contributed by atoms with Crippen LogP contribution in [-0.4, -0.2) is 46.7 Å². The van der Waals surface area contributed by atoms with E-state index in [0.29, 0.717) is 19.5 Å². The molecular weight excluding hydrogens is 378 g/mol. The molecule has 1 fully saturated rings. The minimum atomic E-state index is -3.63. The number of benzene rings is 1. The predicted molar refractivity (Wildman–Crippen MR) is 97.9 cm³/mol. The van der Waals surface area contributed by atoms with Gasteiger partial charge in [-0.25, -0.2) is 21.6 Å². The number of nitrogens with one attached hydrogen (secondary N) is 2. The molecule has 2 N–H and O–H groups in total. The number of amides is 1. The Labute approximate surface area is 154 Å². The van der Waals surface area contributed by atoms with Crippen molar-refractivity contribution in [2.24, 2.45) is 5.92 Å². The van der Waals surface area contributed by atoms with Gasteiger partial charge in [0.2, 0.25) is 26.0 Å². The Bertz CT molecular complexity index is 864. The summed E-state index contributed by atoms with van der Waals surface area (Å²) in [4.78, 5) is 11.1. The summed E-state index contributed by atoms with van der Waals surface area (Å²) in [6.07, 6.45) is 0.583. The van der Waals surface area contributed by atoms with Gasteiger partial charge >= 0.3 is 0 Å². The molecule has 0 bridgehead atoms. The van der Waals surface area contributed by atoms with E-state index in [2.05, 4.69) is 16.6 Å². The highest BCUT2D eigenvalue weighted by Gasteiger charge is 2.32. The van der Waals surface area contributed by atoms with Crippen molar-refractivity contribution in [3.63, 3.8) is 0 Å². The molecule has 10 heteroatoms. The van der Waals surface area contributed by atoms with Crippen molar-refractivity contribution in [2.45, 2.75) is 24.8 Å². The summed E-state index contributed by atoms with van der Waals surface area (Å²) in [7, 11) is -7.14. The van der Waals surface area contributed by atoms with Crippen LogP contribution in [0.4, 0.5) is 0 Å². The second kappa shape index (κ2) is 8.30. The fraction of sp³-hybridized carbons (Fsp3) is 0.438. The number of rotatable bonds is 8. The Hall–Kier alpha value is -1.75. The van der Waals surface area contributed by atoms with E-state index in [1.807, 2.05) is 0 Å². The molecule has 1 heterocycles. The maximum Gasteiger partial charge on any atom is 0.243 e. The van der Waals surface area contributed by atoms with Gasteiger partial charge < -0.3 is 5.32 Å². The average Bonchev–Trinajstić information content (AvgIpc) is 3.08. The van der Waals surface area contributed by atoms with Gasteiger partial charge in [-0.15, -0.1) is 0 Å². The first-order chi connectivity index (χ1) is 12.1. The van der Waals surface area contributed by atoms with Crippen LogP contribution in [0.25, 0.3) is 0 Å². The number of carbonyl (C=O) groups excluding carboxylic acids is 1. The minimum absolute atomic E-state index is 0.0847. The highest BCUT2D eigenvalue weighted by atomic mass is 32.2. The summed E-state index contributed by atoms with van der Waals surface area (Å²) in [6, 6.07) is 6.35. The first-order valence-electron chi connectivity index (χ1n) is 8.09. The van der Waals surface area contributed by atoms with Crippen LogP contribution in [-0.2, 0) is 31.4 Å². The zero-order valence-electron chi connectivity index (χ0n) is 14.5. The van der Waals surface area contributed by atoms with Crippen LogP contribution >= 0.6 is 0 Å². The van der Waals surface area contributed by atoms with Crippen LogP contribution < -0.4 is 10.0 Å². The SMILES string of the molecule is C=CS(=O)(=O)NC[C@H]1CCN(S(=O)(=O)c2ccc(CNC(C)=O)cc2)C1. The van der Waals surface area contributed by atoms with Gasteiger partial charge in [-0.1, -0.05) is 18.7 Å². The number of hydrogen-bond donors (Lipinski definition) is 2. The number of sulfonamides is 2. The van der Waals surface area contributed by atoms with E-state index < -0.39 is 20.0 Å². The fourth-order valence-electron chi connectivity index (χ4n) is 2.63. The van der Waals surface area contributed by atoms with Crippen LogP contribution in [0, 0.1) is 5.92 Å². The molecule has 0 saturated carbocycles. The zero-order valence-corrected chi connectivity index (χ0v) is 16.1. The molecular formula is C16H23N3O5S2. The van der Waals surface area contributed by atoms with Crippen molar-refractivity contribution in [3.05, 3.63) is 41.8 Å². The summed E-state index contributed by atoms with van der Waals surface area (Å²) < 4.78 is 52.0. The molecule has 0 spiro atoms. The smallest absolute Gasteiger partial charge is 0.243 e. The van der Waals surface area contributed by atoms with Gasteiger partial charge in [-0.2, -0.15) is 4.31 Å². The third-order valence-electron chi connectivity index (χ3n) is 4.14. The molecule has 1 atom stereocenters. The molecule has 8 nitrogen and oxygen atoms in total. The summed E-state index contributed by atoms with van der Waals surface area (Å²) >= 11 is 0. The van der Waals surface area contributed by atoms with E-state index in [1.165, 1.54) is 23.4 Å². The molecule has 0 radical (unpaired) electrons. The van der Waals surface area contributed by atoms with Gasteiger partial charge in [0.15, 0.2) is 0 Å². The Balaban J connectivity index is 1.99. The van der Waals surface area contributed by atoms with E-state index >= 15 is 0 Å². The van der Waals surface area contributed by atoms with Gasteiger partial charge in [-0.05, 0) is 30.0 Å². The first kappa shape index (κ1) is 20.6. The molecule has 0 unspecified atom stereocenters. The van der Waals surface area contributed by atoms with E-state index in [9.17, 15) is 21.6 Å². The standard InChI is InChI=1S/C16H23N3O5S2/c1-3-25(21,22)18-11-15-8-9-19(12-15)26(23,24)16-6-4-14(5-7-16)10-17-13(2)20/h3-7,15,18H,1,8-12H2,2H3,(H,17,20)/t15-/m1/s1. The zero-order chi connectivity index (χ0) is 19.4. The van der Waals surface area contributed by atoms with Crippen molar-refractivity contribution in [2.75, 3.05) is 19.6 Å². The highest BCUT2D eigenvalue weighted by molar-refractivity contribution is 7.92. The third-order valence-corrected chi connectivity index (χ3v) is 7.03. The topological polar surface area (TPSA) is 113 Å². The maximum atomic E-state index is 12.7. The van der Waals surface area contributed by atoms with Gasteiger partial charge in [0.1, 0.15) is 0 Å². The Morgan fingerprint density at radius 2 is 1.92 bits per heavy atom. The van der Waals surface area contributed by atoms with E-state index in [4.69, 9.17) is 0 Å². The molecule has 1 aliphatic heterocycles. The molecule has 144 valence electrons. The lowest BCUT2D eigenvalue weighted by atomic mass is 10.1. The molecule has 26 heavy (non-hydrogen) atoms. The maximum absolute atomic E-state index is 12.7. The first-order valence-corrected chi connectivity index (χ1v) is 11.1. The van der Waals surface area contributed by atoms with E-state index in [1.54, 1.807) is 12.1 Å². The van der Waals surface area contributed by atoms with Crippen LogP contribution in [0.1, 0.15) is 18.9 Å². The van der Waals surface area contributed by atoms with Crippen molar-refractivity contribution in [1.29, 1.82) is 0 Å². The van der Waals surface area contributed by atoms with Crippen LogP contribution in [0.15, 0.2) is 41.1 Å². The lowest BCUT2D eigenvalue weighted by Gasteiger charge is -2.17. The third kappa shape index (κ3) is 5.37. The summed E-state index contributed by atoms with van der Waals surface area (Å²) in [5.41, 5.74) is 0.803. The van der Waals surface area contributed by atoms with Gasteiger partial charge in [0, 0.05) is 38.5 Å². The Morgan fingerprint density at radius 1 is 1.27 bits per heavy atom. The summed E-state index contributed by atoms with van der Waals surface area (Å²) in [6.45, 7) is 5.75. The largest absolute Gasteiger partial charge is 0.352 e. The molecule has 1 aliphatic rings. The van der Waals surface area contributed by atoms with Crippen LogP contribution in [0.3, 0.4) is 0 Å². The average molecular weight is 402 g/mol. The second-order valence-corrected chi connectivity index (χ2v) is 9.78. The lowest BCUT2D eigenvalue weighted by Crippen LogP contribution is -2.32. The van der Waals surface area contributed by atoms with Gasteiger partial charge in [0.25, 0.3) is 0 Å². The second-order valence-electron chi connectivity index (χ2n) is 6.13.